The highest BCUT2D eigenvalue weighted by atomic mass is 16.2. The molecule has 15 heavy (non-hydrogen) atoms. The molecule has 3 heteroatoms. The summed E-state index contributed by atoms with van der Waals surface area (Å²) in [5.41, 5.74) is 1.24. The van der Waals surface area contributed by atoms with E-state index in [1.54, 1.807) is 11.9 Å². The molecular weight excluding hydrogens is 185 g/mol. The normalized spacial score (nSPS) is 12.1. The standard InChI is InChI=1S/C12H16BNO/c1-10(14(2)12(15)9-13)8-11-6-4-3-5-7-11/h3-7,10H,8-9H2,1-2H3/t10-/m1/s1. The van der Waals surface area contributed by atoms with Crippen molar-refractivity contribution >= 4 is 13.8 Å². The Bertz CT molecular complexity index is 313. The molecule has 0 unspecified atom stereocenters. The lowest BCUT2D eigenvalue weighted by Gasteiger charge is -2.24. The zero-order valence-electron chi connectivity index (χ0n) is 9.31. The molecule has 2 nitrogen and oxygen atoms in total. The Morgan fingerprint density at radius 3 is 2.53 bits per heavy atom. The molecule has 1 amide bonds. The molecule has 0 N–H and O–H groups in total. The highest BCUT2D eigenvalue weighted by molar-refractivity contribution is 6.19. The minimum Gasteiger partial charge on any atom is -0.343 e. The first kappa shape index (κ1) is 11.8. The summed E-state index contributed by atoms with van der Waals surface area (Å²) in [5, 5.41) is 0. The van der Waals surface area contributed by atoms with Gasteiger partial charge < -0.3 is 4.90 Å². The molecule has 0 aliphatic carbocycles. The minimum atomic E-state index is -0.0153. The summed E-state index contributed by atoms with van der Waals surface area (Å²) in [6.45, 7) is 2.03. The van der Waals surface area contributed by atoms with Crippen molar-refractivity contribution < 1.29 is 4.79 Å². The summed E-state index contributed by atoms with van der Waals surface area (Å²) in [7, 11) is 7.11. The van der Waals surface area contributed by atoms with E-state index in [0.717, 1.165) is 6.42 Å². The second-order valence-corrected chi connectivity index (χ2v) is 3.75. The van der Waals surface area contributed by atoms with Gasteiger partial charge in [-0.05, 0) is 25.2 Å². The summed E-state index contributed by atoms with van der Waals surface area (Å²) in [6, 6.07) is 10.3. The Morgan fingerprint density at radius 1 is 1.40 bits per heavy atom. The Morgan fingerprint density at radius 2 is 2.00 bits per heavy atom. The van der Waals surface area contributed by atoms with Crippen LogP contribution in [0.15, 0.2) is 30.3 Å². The molecule has 0 aliphatic heterocycles. The van der Waals surface area contributed by atoms with Gasteiger partial charge in [0.1, 0.15) is 0 Å². The average molecular weight is 201 g/mol. The van der Waals surface area contributed by atoms with Crippen LogP contribution >= 0.6 is 0 Å². The second-order valence-electron chi connectivity index (χ2n) is 3.75. The van der Waals surface area contributed by atoms with E-state index in [1.807, 2.05) is 25.1 Å². The van der Waals surface area contributed by atoms with Gasteiger partial charge in [0.05, 0.1) is 7.85 Å². The molecule has 1 aromatic rings. The fourth-order valence-electron chi connectivity index (χ4n) is 1.48. The van der Waals surface area contributed by atoms with E-state index >= 15 is 0 Å². The van der Waals surface area contributed by atoms with Gasteiger partial charge >= 0.3 is 0 Å². The molecule has 0 fully saturated rings. The molecule has 0 saturated carbocycles. The second kappa shape index (κ2) is 5.59. The van der Waals surface area contributed by atoms with Crippen LogP contribution in [-0.4, -0.2) is 31.7 Å². The van der Waals surface area contributed by atoms with Gasteiger partial charge in [-0.3, -0.25) is 4.79 Å². The summed E-state index contributed by atoms with van der Waals surface area (Å²) < 4.78 is 0. The first-order chi connectivity index (χ1) is 7.15. The molecule has 2 radical (unpaired) electrons. The van der Waals surface area contributed by atoms with Crippen LogP contribution < -0.4 is 0 Å². The largest absolute Gasteiger partial charge is 0.343 e. The zero-order valence-corrected chi connectivity index (χ0v) is 9.31. The SMILES string of the molecule is [B]CC(=O)N(C)[C@H](C)Cc1ccccc1. The van der Waals surface area contributed by atoms with Crippen LogP contribution in [0.1, 0.15) is 12.5 Å². The van der Waals surface area contributed by atoms with E-state index in [4.69, 9.17) is 7.85 Å². The lowest BCUT2D eigenvalue weighted by molar-refractivity contribution is -0.129. The number of hydrogen-bond acceptors (Lipinski definition) is 1. The van der Waals surface area contributed by atoms with Crippen molar-refractivity contribution in [3.63, 3.8) is 0 Å². The lowest BCUT2D eigenvalue weighted by Crippen LogP contribution is -2.36. The first-order valence-corrected chi connectivity index (χ1v) is 5.14. The van der Waals surface area contributed by atoms with E-state index in [9.17, 15) is 4.79 Å². The van der Waals surface area contributed by atoms with Gasteiger partial charge in [-0.2, -0.15) is 0 Å². The highest BCUT2D eigenvalue weighted by Gasteiger charge is 2.13. The topological polar surface area (TPSA) is 20.3 Å². The predicted molar refractivity (Wildman–Crippen MR) is 62.9 cm³/mol. The van der Waals surface area contributed by atoms with Gasteiger partial charge in [-0.25, -0.2) is 0 Å². The predicted octanol–water partition coefficient (Wildman–Crippen LogP) is 1.66. The summed E-state index contributed by atoms with van der Waals surface area (Å²) in [5.74, 6) is -0.0153. The third kappa shape index (κ3) is 3.42. The summed E-state index contributed by atoms with van der Waals surface area (Å²) in [4.78, 5) is 13.0. The Hall–Kier alpha value is -1.25. The number of hydrogen-bond donors (Lipinski definition) is 0. The van der Waals surface area contributed by atoms with Crippen LogP contribution in [0, 0.1) is 0 Å². The fourth-order valence-corrected chi connectivity index (χ4v) is 1.48. The monoisotopic (exact) mass is 201 g/mol. The number of amides is 1. The molecule has 0 saturated heterocycles. The van der Waals surface area contributed by atoms with Crippen LogP contribution in [0.25, 0.3) is 0 Å². The molecule has 0 bridgehead atoms. The number of carbonyl (C=O) groups excluding carboxylic acids is 1. The van der Waals surface area contributed by atoms with Gasteiger partial charge in [0.25, 0.3) is 0 Å². The van der Waals surface area contributed by atoms with E-state index < -0.39 is 0 Å². The molecule has 1 atom stereocenters. The van der Waals surface area contributed by atoms with Crippen LogP contribution in [0.5, 0.6) is 0 Å². The maximum Gasteiger partial charge on any atom is 0.213 e. The van der Waals surface area contributed by atoms with Crippen molar-refractivity contribution in [3.05, 3.63) is 35.9 Å². The Labute approximate surface area is 92.7 Å². The molecule has 1 aromatic carbocycles. The van der Waals surface area contributed by atoms with Crippen molar-refractivity contribution in [1.29, 1.82) is 0 Å². The zero-order chi connectivity index (χ0) is 11.3. The molecule has 78 valence electrons. The van der Waals surface area contributed by atoms with Gasteiger partial charge in [0, 0.05) is 13.1 Å². The van der Waals surface area contributed by atoms with E-state index in [0.29, 0.717) is 0 Å². The van der Waals surface area contributed by atoms with Gasteiger partial charge in [0.2, 0.25) is 5.91 Å². The van der Waals surface area contributed by atoms with Gasteiger partial charge in [-0.15, -0.1) is 0 Å². The third-order valence-corrected chi connectivity index (χ3v) is 2.60. The highest BCUT2D eigenvalue weighted by Crippen LogP contribution is 2.07. The summed E-state index contributed by atoms with van der Waals surface area (Å²) in [6.07, 6.45) is 0.943. The Balaban J connectivity index is 2.56. The number of benzene rings is 1. The van der Waals surface area contributed by atoms with Crippen LogP contribution in [0.2, 0.25) is 6.32 Å². The lowest BCUT2D eigenvalue weighted by atomic mass is 10.0. The molecular formula is C12H16BNO. The van der Waals surface area contributed by atoms with Crippen LogP contribution in [-0.2, 0) is 11.2 Å². The smallest absolute Gasteiger partial charge is 0.213 e. The molecule has 0 aliphatic rings. The van der Waals surface area contributed by atoms with E-state index in [2.05, 4.69) is 12.1 Å². The van der Waals surface area contributed by atoms with E-state index in [1.165, 1.54) is 5.56 Å². The third-order valence-electron chi connectivity index (χ3n) is 2.60. The van der Waals surface area contributed by atoms with Crippen LogP contribution in [0.4, 0.5) is 0 Å². The minimum absolute atomic E-state index is 0.0153. The maximum absolute atomic E-state index is 11.3. The number of carbonyl (C=O) groups is 1. The first-order valence-electron chi connectivity index (χ1n) is 5.14. The van der Waals surface area contributed by atoms with Crippen molar-refractivity contribution in [1.82, 2.24) is 4.90 Å². The van der Waals surface area contributed by atoms with Crippen molar-refractivity contribution in [2.24, 2.45) is 0 Å². The van der Waals surface area contributed by atoms with E-state index in [-0.39, 0.29) is 18.3 Å². The fraction of sp³-hybridized carbons (Fsp3) is 0.417. The maximum atomic E-state index is 11.3. The molecule has 1 rings (SSSR count). The van der Waals surface area contributed by atoms with Gasteiger partial charge in [-0.1, -0.05) is 30.3 Å². The Kier molecular flexibility index (Phi) is 4.41. The quantitative estimate of drug-likeness (QED) is 0.678. The van der Waals surface area contributed by atoms with Crippen LogP contribution in [0.3, 0.4) is 0 Å². The number of likely N-dealkylation sites (N-methyl/N-ethyl adjacent to an activating group) is 1. The van der Waals surface area contributed by atoms with Crippen molar-refractivity contribution in [2.75, 3.05) is 7.05 Å². The number of nitrogens with zero attached hydrogens (tertiary/aromatic N) is 1. The molecule has 0 spiro atoms. The molecule has 0 heterocycles. The van der Waals surface area contributed by atoms with Crippen molar-refractivity contribution in [3.8, 4) is 0 Å². The molecule has 0 aromatic heterocycles. The van der Waals surface area contributed by atoms with Crippen molar-refractivity contribution in [2.45, 2.75) is 25.7 Å². The van der Waals surface area contributed by atoms with Gasteiger partial charge in [0.15, 0.2) is 0 Å². The number of rotatable bonds is 4. The summed E-state index contributed by atoms with van der Waals surface area (Å²) >= 11 is 0. The average Bonchev–Trinajstić information content (AvgIpc) is 2.28.